The molecule has 0 unspecified atom stereocenters. The highest BCUT2D eigenvalue weighted by atomic mass is 32.1. The van der Waals surface area contributed by atoms with Crippen LogP contribution in [0.2, 0.25) is 18.1 Å². The summed E-state index contributed by atoms with van der Waals surface area (Å²) in [4.78, 5) is 4.64. The maximum Gasteiger partial charge on any atom is 0.425 e. The second kappa shape index (κ2) is 9.26. The van der Waals surface area contributed by atoms with Crippen LogP contribution in [0.4, 0.5) is 13.2 Å². The summed E-state index contributed by atoms with van der Waals surface area (Å²) in [6.45, 7) is 21.6. The fourth-order valence-corrected chi connectivity index (χ4v) is 6.86. The van der Waals surface area contributed by atoms with Gasteiger partial charge in [-0.15, -0.1) is 11.3 Å². The predicted octanol–water partition coefficient (Wildman–Crippen LogP) is 8.71. The van der Waals surface area contributed by atoms with Crippen LogP contribution >= 0.6 is 11.3 Å². The highest BCUT2D eigenvalue weighted by Crippen LogP contribution is 2.50. The number of nitrogens with zero attached hydrogens (tertiary/aromatic N) is 1. The zero-order valence-corrected chi connectivity index (χ0v) is 24.5. The third-order valence-corrected chi connectivity index (χ3v) is 13.3. The number of hydrogen-bond acceptors (Lipinski definition) is 4. The van der Waals surface area contributed by atoms with E-state index in [1.54, 1.807) is 0 Å². The summed E-state index contributed by atoms with van der Waals surface area (Å²) in [6.07, 6.45) is -4.13. The molecule has 0 aliphatic heterocycles. The fourth-order valence-electron chi connectivity index (χ4n) is 4.72. The minimum atomic E-state index is -4.43. The van der Waals surface area contributed by atoms with Gasteiger partial charge in [0, 0.05) is 27.4 Å². The average Bonchev–Trinajstić information content (AvgIpc) is 3.15. The number of halogens is 3. The molecule has 2 aromatic heterocycles. The second-order valence-electron chi connectivity index (χ2n) is 12.6. The molecule has 8 heteroatoms. The van der Waals surface area contributed by atoms with E-state index in [9.17, 15) is 18.3 Å². The van der Waals surface area contributed by atoms with E-state index >= 15 is 0 Å². The first-order valence-corrected chi connectivity index (χ1v) is 16.0. The van der Waals surface area contributed by atoms with Gasteiger partial charge in [0.2, 0.25) is 0 Å². The van der Waals surface area contributed by atoms with Gasteiger partial charge in [-0.2, -0.15) is 13.2 Å². The van der Waals surface area contributed by atoms with Gasteiger partial charge in [-0.3, -0.25) is 4.98 Å². The lowest BCUT2D eigenvalue weighted by molar-refractivity contribution is -0.134. The number of fused-ring (bicyclic) bond motifs is 1. The molecule has 0 saturated heterocycles. The van der Waals surface area contributed by atoms with E-state index in [0.717, 1.165) is 41.4 Å². The zero-order chi connectivity index (χ0) is 26.7. The van der Waals surface area contributed by atoms with E-state index in [4.69, 9.17) is 9.41 Å². The van der Waals surface area contributed by atoms with Crippen molar-refractivity contribution in [2.24, 2.45) is 5.41 Å². The van der Waals surface area contributed by atoms with Gasteiger partial charge >= 0.3 is 6.18 Å². The summed E-state index contributed by atoms with van der Waals surface area (Å²) in [5.74, 6) is 0.00972. The SMILES string of the molecule is Cc1c([C@H](O)c2ccc(C(F)(F)F)s2)c(C(C)C)nc2c1[C@@H](O[Si](C)(C)C(C)(C)C)CC(C)(C)C2. The van der Waals surface area contributed by atoms with Gasteiger partial charge in [0.15, 0.2) is 8.32 Å². The van der Waals surface area contributed by atoms with Crippen LogP contribution in [-0.4, -0.2) is 18.4 Å². The highest BCUT2D eigenvalue weighted by molar-refractivity contribution is 7.12. The van der Waals surface area contributed by atoms with Gasteiger partial charge in [-0.25, -0.2) is 0 Å². The van der Waals surface area contributed by atoms with Crippen molar-refractivity contribution in [2.75, 3.05) is 0 Å². The van der Waals surface area contributed by atoms with Crippen molar-refractivity contribution in [1.82, 2.24) is 4.98 Å². The zero-order valence-electron chi connectivity index (χ0n) is 22.6. The molecule has 0 saturated carbocycles. The Morgan fingerprint density at radius 3 is 2.26 bits per heavy atom. The molecule has 3 nitrogen and oxygen atoms in total. The van der Waals surface area contributed by atoms with E-state index in [2.05, 4.69) is 47.7 Å². The molecule has 2 heterocycles. The molecule has 0 fully saturated rings. The van der Waals surface area contributed by atoms with Crippen LogP contribution in [0.25, 0.3) is 0 Å². The Hall–Kier alpha value is -1.22. The summed E-state index contributed by atoms with van der Waals surface area (Å²) >= 11 is 0.596. The van der Waals surface area contributed by atoms with Crippen LogP contribution in [0.5, 0.6) is 0 Å². The molecule has 0 amide bonds. The van der Waals surface area contributed by atoms with E-state index in [-0.39, 0.29) is 27.4 Å². The van der Waals surface area contributed by atoms with Crippen LogP contribution < -0.4 is 0 Å². The lowest BCUT2D eigenvalue weighted by Crippen LogP contribution is -2.44. The maximum atomic E-state index is 13.3. The number of pyridine rings is 1. The van der Waals surface area contributed by atoms with Crippen molar-refractivity contribution >= 4 is 19.7 Å². The number of hydrogen-bond donors (Lipinski definition) is 1. The van der Waals surface area contributed by atoms with E-state index < -0.39 is 25.5 Å². The molecule has 2 atom stereocenters. The number of aliphatic hydroxyl groups is 1. The Morgan fingerprint density at radius 2 is 1.77 bits per heavy atom. The van der Waals surface area contributed by atoms with Crippen molar-refractivity contribution < 1.29 is 22.7 Å². The lowest BCUT2D eigenvalue weighted by atomic mass is 9.72. The molecule has 0 bridgehead atoms. The van der Waals surface area contributed by atoms with Crippen LogP contribution in [-0.2, 0) is 17.0 Å². The topological polar surface area (TPSA) is 42.4 Å². The number of aliphatic hydroxyl groups excluding tert-OH is 1. The fraction of sp³-hybridized carbons (Fsp3) is 0.667. The Morgan fingerprint density at radius 1 is 1.17 bits per heavy atom. The first-order chi connectivity index (χ1) is 15.7. The lowest BCUT2D eigenvalue weighted by Gasteiger charge is -2.45. The summed E-state index contributed by atoms with van der Waals surface area (Å²) in [7, 11) is -2.12. The molecular formula is C27H40F3NO2SSi. The quantitative estimate of drug-likeness (QED) is 0.395. The second-order valence-corrected chi connectivity index (χ2v) is 18.4. The van der Waals surface area contributed by atoms with Crippen molar-refractivity contribution in [3.05, 3.63) is 50.0 Å². The van der Waals surface area contributed by atoms with Crippen molar-refractivity contribution in [3.8, 4) is 0 Å². The summed E-state index contributed by atoms with van der Waals surface area (Å²) in [6, 6.07) is 2.43. The Bertz CT molecular complexity index is 1080. The summed E-state index contributed by atoms with van der Waals surface area (Å²) < 4.78 is 46.7. The third-order valence-electron chi connectivity index (χ3n) is 7.60. The van der Waals surface area contributed by atoms with Gasteiger partial charge in [0.05, 0.1) is 6.10 Å². The van der Waals surface area contributed by atoms with E-state index in [1.165, 1.54) is 6.07 Å². The molecule has 0 aromatic carbocycles. The minimum Gasteiger partial charge on any atom is -0.410 e. The monoisotopic (exact) mass is 527 g/mol. The van der Waals surface area contributed by atoms with E-state index in [1.807, 2.05) is 20.8 Å². The molecule has 1 aliphatic rings. The summed E-state index contributed by atoms with van der Waals surface area (Å²) in [5.41, 5.74) is 4.28. The molecule has 3 rings (SSSR count). The van der Waals surface area contributed by atoms with Crippen molar-refractivity contribution in [3.63, 3.8) is 0 Å². The Balaban J connectivity index is 2.20. The Kier molecular flexibility index (Phi) is 7.50. The normalized spacial score (nSPS) is 19.7. The predicted molar refractivity (Wildman–Crippen MR) is 140 cm³/mol. The van der Waals surface area contributed by atoms with Gasteiger partial charge in [0.25, 0.3) is 0 Å². The van der Waals surface area contributed by atoms with E-state index in [0.29, 0.717) is 16.9 Å². The molecule has 2 aromatic rings. The van der Waals surface area contributed by atoms with Gasteiger partial charge in [-0.1, -0.05) is 48.5 Å². The van der Waals surface area contributed by atoms with Gasteiger partial charge in [-0.05, 0) is 66.9 Å². The summed E-state index contributed by atoms with van der Waals surface area (Å²) in [5, 5.41) is 11.4. The van der Waals surface area contributed by atoms with Crippen LogP contribution in [0, 0.1) is 12.3 Å². The largest absolute Gasteiger partial charge is 0.425 e. The number of alkyl halides is 3. The molecule has 196 valence electrons. The minimum absolute atomic E-state index is 0.00319. The standard InChI is InChI=1S/C27H40F3NO2SSi/c1-15(2)23-22(24(32)19-11-12-20(34-19)27(28,29)30)16(3)21-17(31-23)13-26(7,8)14-18(21)33-35(9,10)25(4,5)6/h11-12,15,18,24,32H,13-14H2,1-10H3/t18-,24+/m0/s1. The third kappa shape index (κ3) is 5.70. The molecule has 1 N–H and O–H groups in total. The Labute approximate surface area is 213 Å². The van der Waals surface area contributed by atoms with Gasteiger partial charge in [0.1, 0.15) is 11.0 Å². The number of aromatic nitrogens is 1. The van der Waals surface area contributed by atoms with Crippen LogP contribution in [0.15, 0.2) is 12.1 Å². The molecule has 0 spiro atoms. The highest BCUT2D eigenvalue weighted by Gasteiger charge is 2.44. The van der Waals surface area contributed by atoms with Crippen molar-refractivity contribution in [1.29, 1.82) is 0 Å². The van der Waals surface area contributed by atoms with Crippen LogP contribution in [0.3, 0.4) is 0 Å². The number of thiophene rings is 1. The van der Waals surface area contributed by atoms with Crippen molar-refractivity contribution in [2.45, 2.75) is 111 Å². The smallest absolute Gasteiger partial charge is 0.410 e. The van der Waals surface area contributed by atoms with Crippen LogP contribution in [0.1, 0.15) is 111 Å². The molecule has 0 radical (unpaired) electrons. The molecule has 35 heavy (non-hydrogen) atoms. The first kappa shape index (κ1) is 28.3. The number of rotatable bonds is 5. The molecular weight excluding hydrogens is 487 g/mol. The average molecular weight is 528 g/mol. The van der Waals surface area contributed by atoms with Gasteiger partial charge < -0.3 is 9.53 Å². The molecule has 1 aliphatic carbocycles. The first-order valence-electron chi connectivity index (χ1n) is 12.3. The maximum absolute atomic E-state index is 13.3.